The van der Waals surface area contributed by atoms with Gasteiger partial charge in [-0.05, 0) is 43.2 Å². The van der Waals surface area contributed by atoms with E-state index in [4.69, 9.17) is 0 Å². The Balaban J connectivity index is 1.70. The molecule has 1 saturated heterocycles. The molecule has 0 aromatic heterocycles. The minimum atomic E-state index is -0.886. The lowest BCUT2D eigenvalue weighted by atomic mass is 9.88. The molecule has 1 fully saturated rings. The van der Waals surface area contributed by atoms with E-state index in [9.17, 15) is 19.1 Å². The van der Waals surface area contributed by atoms with Gasteiger partial charge >= 0.3 is 5.97 Å². The number of carboxylic acids is 1. The van der Waals surface area contributed by atoms with Crippen LogP contribution in [0, 0.1) is 24.6 Å². The number of hydrogen-bond acceptors (Lipinski definition) is 3. The average Bonchev–Trinajstić information content (AvgIpc) is 2.63. The number of nitrogens with one attached hydrogen (secondary N) is 1. The molecule has 1 aliphatic rings. The summed E-state index contributed by atoms with van der Waals surface area (Å²) in [5.41, 5.74) is 2.74. The molecule has 1 aliphatic heterocycles. The maximum atomic E-state index is 13.0. The third kappa shape index (κ3) is 5.14. The summed E-state index contributed by atoms with van der Waals surface area (Å²) >= 11 is 0. The zero-order valence-electron chi connectivity index (χ0n) is 15.2. The highest BCUT2D eigenvalue weighted by molar-refractivity contribution is 5.93. The van der Waals surface area contributed by atoms with Gasteiger partial charge in [-0.3, -0.25) is 14.5 Å². The van der Waals surface area contributed by atoms with E-state index < -0.39 is 17.8 Å². The van der Waals surface area contributed by atoms with Crippen LogP contribution in [-0.4, -0.2) is 35.0 Å². The van der Waals surface area contributed by atoms with E-state index in [0.29, 0.717) is 31.7 Å². The normalized spacial score (nSPS) is 20.2. The van der Waals surface area contributed by atoms with Crippen molar-refractivity contribution in [3.05, 3.63) is 65.5 Å². The van der Waals surface area contributed by atoms with Crippen LogP contribution < -0.4 is 5.32 Å². The first-order valence-electron chi connectivity index (χ1n) is 8.98. The minimum Gasteiger partial charge on any atom is -0.481 e. The predicted molar refractivity (Wildman–Crippen MR) is 101 cm³/mol. The summed E-state index contributed by atoms with van der Waals surface area (Å²) in [6.07, 6.45) is 0.298. The van der Waals surface area contributed by atoms with Gasteiger partial charge in [0.05, 0.1) is 11.8 Å². The number of aryl methyl sites for hydroxylation is 1. The van der Waals surface area contributed by atoms with Crippen molar-refractivity contribution >= 4 is 17.6 Å². The van der Waals surface area contributed by atoms with Crippen molar-refractivity contribution in [2.45, 2.75) is 19.9 Å². The Labute approximate surface area is 157 Å². The number of benzene rings is 2. The molecule has 3 rings (SSSR count). The molecule has 2 atom stereocenters. The molecular weight excluding hydrogens is 347 g/mol. The lowest BCUT2D eigenvalue weighted by Crippen LogP contribution is -2.46. The van der Waals surface area contributed by atoms with Crippen molar-refractivity contribution in [1.82, 2.24) is 4.90 Å². The van der Waals surface area contributed by atoms with E-state index in [2.05, 4.69) is 11.4 Å². The van der Waals surface area contributed by atoms with Gasteiger partial charge in [0.25, 0.3) is 0 Å². The number of halogens is 1. The fourth-order valence-electron chi connectivity index (χ4n) is 3.53. The summed E-state index contributed by atoms with van der Waals surface area (Å²) in [6.45, 7) is 3.53. The van der Waals surface area contributed by atoms with Crippen LogP contribution in [0.15, 0.2) is 48.5 Å². The smallest absolute Gasteiger partial charge is 0.307 e. The molecule has 6 heteroatoms. The maximum Gasteiger partial charge on any atom is 0.307 e. The van der Waals surface area contributed by atoms with E-state index in [0.717, 1.165) is 11.1 Å². The van der Waals surface area contributed by atoms with E-state index in [1.165, 1.54) is 24.3 Å². The first-order valence-corrected chi connectivity index (χ1v) is 8.98. The van der Waals surface area contributed by atoms with Gasteiger partial charge in [-0.2, -0.15) is 0 Å². The van der Waals surface area contributed by atoms with E-state index in [-0.39, 0.29) is 11.7 Å². The van der Waals surface area contributed by atoms with E-state index >= 15 is 0 Å². The zero-order chi connectivity index (χ0) is 19.4. The van der Waals surface area contributed by atoms with Crippen molar-refractivity contribution in [2.75, 3.05) is 18.4 Å². The summed E-state index contributed by atoms with van der Waals surface area (Å²) in [7, 11) is 0. The van der Waals surface area contributed by atoms with Crippen molar-refractivity contribution in [3.8, 4) is 0 Å². The van der Waals surface area contributed by atoms with Crippen LogP contribution in [0.1, 0.15) is 17.5 Å². The standard InChI is InChI=1S/C21H23FN2O3/c1-14-3-2-4-15(9-14)11-24-12-16(10-17(13-24)21(26)27)20(25)23-19-7-5-18(22)6-8-19/h2-9,16-17H,10-13H2,1H3,(H,23,25)(H,26,27)/t16-,17-/m1/s1. The molecule has 0 aliphatic carbocycles. The molecule has 142 valence electrons. The Hall–Kier alpha value is -2.73. The molecule has 0 unspecified atom stereocenters. The lowest BCUT2D eigenvalue weighted by Gasteiger charge is -2.35. The van der Waals surface area contributed by atoms with Crippen LogP contribution in [0.5, 0.6) is 0 Å². The molecule has 0 saturated carbocycles. The molecule has 0 bridgehead atoms. The highest BCUT2D eigenvalue weighted by Gasteiger charge is 2.35. The average molecular weight is 370 g/mol. The summed E-state index contributed by atoms with van der Waals surface area (Å²) in [5, 5.41) is 12.3. The Morgan fingerprint density at radius 2 is 1.85 bits per heavy atom. The molecule has 1 amide bonds. The predicted octanol–water partition coefficient (Wildman–Crippen LogP) is 3.30. The molecule has 2 aromatic rings. The van der Waals surface area contributed by atoms with Gasteiger partial charge in [0.15, 0.2) is 0 Å². The quantitative estimate of drug-likeness (QED) is 0.847. The highest BCUT2D eigenvalue weighted by Crippen LogP contribution is 2.25. The molecule has 0 radical (unpaired) electrons. The van der Waals surface area contributed by atoms with Gasteiger partial charge in [0.1, 0.15) is 5.82 Å². The third-order valence-electron chi connectivity index (χ3n) is 4.85. The number of nitrogens with zero attached hydrogens (tertiary/aromatic N) is 1. The summed E-state index contributed by atoms with van der Waals surface area (Å²) in [4.78, 5) is 26.2. The second-order valence-electron chi connectivity index (χ2n) is 7.15. The van der Waals surface area contributed by atoms with Crippen molar-refractivity contribution in [2.24, 2.45) is 11.8 Å². The number of piperidine rings is 1. The molecule has 2 N–H and O–H groups in total. The number of carbonyl (C=O) groups excluding carboxylic acids is 1. The first kappa shape index (κ1) is 19.0. The van der Waals surface area contributed by atoms with Gasteiger partial charge in [0, 0.05) is 25.3 Å². The minimum absolute atomic E-state index is 0.234. The number of amides is 1. The van der Waals surface area contributed by atoms with Gasteiger partial charge in [-0.15, -0.1) is 0 Å². The fraction of sp³-hybridized carbons (Fsp3) is 0.333. The number of carboxylic acid groups (broad SMARTS) is 1. The second-order valence-corrected chi connectivity index (χ2v) is 7.15. The van der Waals surface area contributed by atoms with Crippen molar-refractivity contribution in [1.29, 1.82) is 0 Å². The van der Waals surface area contributed by atoms with Crippen molar-refractivity contribution in [3.63, 3.8) is 0 Å². The molecule has 1 heterocycles. The molecule has 0 spiro atoms. The largest absolute Gasteiger partial charge is 0.481 e. The molecule has 2 aromatic carbocycles. The number of carbonyl (C=O) groups is 2. The number of hydrogen-bond donors (Lipinski definition) is 2. The van der Waals surface area contributed by atoms with Crippen LogP contribution in [0.2, 0.25) is 0 Å². The van der Waals surface area contributed by atoms with Crippen LogP contribution >= 0.6 is 0 Å². The summed E-state index contributed by atoms with van der Waals surface area (Å²) < 4.78 is 13.0. The number of anilines is 1. The highest BCUT2D eigenvalue weighted by atomic mass is 19.1. The van der Waals surface area contributed by atoms with Gasteiger partial charge < -0.3 is 10.4 Å². The van der Waals surface area contributed by atoms with Gasteiger partial charge in [-0.1, -0.05) is 29.8 Å². The monoisotopic (exact) mass is 370 g/mol. The number of aliphatic carboxylic acids is 1. The molecule has 27 heavy (non-hydrogen) atoms. The van der Waals surface area contributed by atoms with Crippen LogP contribution in [0.4, 0.5) is 10.1 Å². The first-order chi connectivity index (χ1) is 12.9. The van der Waals surface area contributed by atoms with Gasteiger partial charge in [0.2, 0.25) is 5.91 Å². The Morgan fingerprint density at radius 1 is 1.15 bits per heavy atom. The molecular formula is C21H23FN2O3. The Kier molecular flexibility index (Phi) is 5.86. The maximum absolute atomic E-state index is 13.0. The SMILES string of the molecule is Cc1cccc(CN2C[C@H](C(=O)O)C[C@@H](C(=O)Nc3ccc(F)cc3)C2)c1. The second kappa shape index (κ2) is 8.31. The summed E-state index contributed by atoms with van der Waals surface area (Å²) in [5.74, 6) is -2.52. The lowest BCUT2D eigenvalue weighted by molar-refractivity contribution is -0.145. The Bertz CT molecular complexity index is 822. The van der Waals surface area contributed by atoms with E-state index in [1.807, 2.05) is 30.0 Å². The number of rotatable bonds is 5. The molecule has 5 nitrogen and oxygen atoms in total. The van der Waals surface area contributed by atoms with Crippen LogP contribution in [0.3, 0.4) is 0 Å². The van der Waals surface area contributed by atoms with E-state index in [1.54, 1.807) is 0 Å². The van der Waals surface area contributed by atoms with Crippen LogP contribution in [0.25, 0.3) is 0 Å². The Morgan fingerprint density at radius 3 is 2.52 bits per heavy atom. The fourth-order valence-corrected chi connectivity index (χ4v) is 3.53. The summed E-state index contributed by atoms with van der Waals surface area (Å²) in [6, 6.07) is 13.6. The third-order valence-corrected chi connectivity index (χ3v) is 4.85. The number of likely N-dealkylation sites (tertiary alicyclic amines) is 1. The van der Waals surface area contributed by atoms with Gasteiger partial charge in [-0.25, -0.2) is 4.39 Å². The van der Waals surface area contributed by atoms with Crippen molar-refractivity contribution < 1.29 is 19.1 Å². The topological polar surface area (TPSA) is 69.6 Å². The zero-order valence-corrected chi connectivity index (χ0v) is 15.2. The van der Waals surface area contributed by atoms with Crippen LogP contribution in [-0.2, 0) is 16.1 Å².